The molecule has 0 unspecified atom stereocenters. The van der Waals surface area contributed by atoms with Crippen molar-refractivity contribution in [2.24, 2.45) is 0 Å². The SMILES string of the molecule is C=C1CCNS1(=O)=O. The van der Waals surface area contributed by atoms with Gasteiger partial charge in [-0.15, -0.1) is 0 Å². The molecule has 3 nitrogen and oxygen atoms in total. The zero-order valence-corrected chi connectivity index (χ0v) is 5.16. The van der Waals surface area contributed by atoms with E-state index in [0.717, 1.165) is 0 Å². The highest BCUT2D eigenvalue weighted by Crippen LogP contribution is 2.11. The van der Waals surface area contributed by atoms with Crippen LogP contribution in [0.4, 0.5) is 0 Å². The molecule has 0 aromatic carbocycles. The summed E-state index contributed by atoms with van der Waals surface area (Å²) < 4.78 is 23.4. The summed E-state index contributed by atoms with van der Waals surface area (Å²) in [7, 11) is -3.07. The van der Waals surface area contributed by atoms with E-state index in [-0.39, 0.29) is 0 Å². The summed E-state index contributed by atoms with van der Waals surface area (Å²) in [4.78, 5) is 0.303. The lowest BCUT2D eigenvalue weighted by Crippen LogP contribution is -2.14. The van der Waals surface area contributed by atoms with Gasteiger partial charge in [-0.2, -0.15) is 0 Å². The molecule has 46 valence electrons. The number of nitrogens with one attached hydrogen (secondary N) is 1. The summed E-state index contributed by atoms with van der Waals surface area (Å²) in [6.07, 6.45) is 0.558. The van der Waals surface area contributed by atoms with E-state index in [1.165, 1.54) is 0 Å². The number of sulfonamides is 1. The van der Waals surface area contributed by atoms with E-state index in [1.54, 1.807) is 0 Å². The highest BCUT2D eigenvalue weighted by Gasteiger charge is 2.20. The van der Waals surface area contributed by atoms with Crippen LogP contribution in [-0.4, -0.2) is 15.0 Å². The van der Waals surface area contributed by atoms with Crippen LogP contribution in [0.25, 0.3) is 0 Å². The molecule has 1 aliphatic heterocycles. The van der Waals surface area contributed by atoms with Gasteiger partial charge >= 0.3 is 0 Å². The molecular formula is C4H7NO2S. The molecule has 0 radical (unpaired) electrons. The molecule has 0 bridgehead atoms. The lowest BCUT2D eigenvalue weighted by Gasteiger charge is -1.88. The van der Waals surface area contributed by atoms with Gasteiger partial charge in [0, 0.05) is 6.54 Å². The van der Waals surface area contributed by atoms with Crippen molar-refractivity contribution in [1.29, 1.82) is 0 Å². The van der Waals surface area contributed by atoms with Crippen molar-refractivity contribution in [3.63, 3.8) is 0 Å². The van der Waals surface area contributed by atoms with Crippen LogP contribution in [0.5, 0.6) is 0 Å². The van der Waals surface area contributed by atoms with Gasteiger partial charge < -0.3 is 0 Å². The van der Waals surface area contributed by atoms with E-state index in [1.807, 2.05) is 0 Å². The van der Waals surface area contributed by atoms with Crippen LogP contribution >= 0.6 is 0 Å². The third-order valence-electron chi connectivity index (χ3n) is 1.08. The fraction of sp³-hybridized carbons (Fsp3) is 0.500. The summed E-state index contributed by atoms with van der Waals surface area (Å²) in [5.74, 6) is 0. The van der Waals surface area contributed by atoms with Crippen molar-refractivity contribution in [1.82, 2.24) is 4.72 Å². The second-order valence-electron chi connectivity index (χ2n) is 1.69. The Morgan fingerprint density at radius 1 is 1.62 bits per heavy atom. The van der Waals surface area contributed by atoms with Crippen molar-refractivity contribution in [2.45, 2.75) is 6.42 Å². The lowest BCUT2D eigenvalue weighted by molar-refractivity contribution is 0.597. The van der Waals surface area contributed by atoms with E-state index in [9.17, 15) is 8.42 Å². The average molecular weight is 133 g/mol. The first-order valence-corrected chi connectivity index (χ1v) is 3.79. The summed E-state index contributed by atoms with van der Waals surface area (Å²) >= 11 is 0. The quantitative estimate of drug-likeness (QED) is 0.498. The zero-order chi connectivity index (χ0) is 6.20. The minimum absolute atomic E-state index is 0.303. The normalized spacial score (nSPS) is 26.2. The van der Waals surface area contributed by atoms with Crippen LogP contribution in [0.1, 0.15) is 6.42 Å². The molecule has 0 spiro atoms. The van der Waals surface area contributed by atoms with Crippen LogP contribution in [0.3, 0.4) is 0 Å². The first-order chi connectivity index (χ1) is 3.63. The first kappa shape index (κ1) is 5.78. The Bertz CT molecular complexity index is 204. The Labute approximate surface area is 48.4 Å². The third-order valence-corrected chi connectivity index (χ3v) is 2.62. The second kappa shape index (κ2) is 1.56. The number of rotatable bonds is 0. The van der Waals surface area contributed by atoms with E-state index in [0.29, 0.717) is 17.9 Å². The molecule has 1 aliphatic rings. The largest absolute Gasteiger partial charge is 0.236 e. The summed E-state index contributed by atoms with van der Waals surface area (Å²) in [6.45, 7) is 3.87. The Balaban J connectivity index is 3.02. The minimum Gasteiger partial charge on any atom is -0.211 e. The van der Waals surface area contributed by atoms with Gasteiger partial charge in [0.1, 0.15) is 0 Å². The van der Waals surface area contributed by atoms with Gasteiger partial charge in [-0.25, -0.2) is 13.1 Å². The Morgan fingerprint density at radius 3 is 2.38 bits per heavy atom. The van der Waals surface area contributed by atoms with Gasteiger partial charge in [0.2, 0.25) is 10.0 Å². The maximum atomic E-state index is 10.6. The highest BCUT2D eigenvalue weighted by atomic mass is 32.2. The number of hydrogen-bond donors (Lipinski definition) is 1. The molecule has 1 fully saturated rings. The van der Waals surface area contributed by atoms with Crippen LogP contribution in [0.15, 0.2) is 11.5 Å². The molecule has 1 N–H and O–H groups in total. The minimum atomic E-state index is -3.07. The fourth-order valence-electron chi connectivity index (χ4n) is 0.561. The first-order valence-electron chi connectivity index (χ1n) is 2.30. The zero-order valence-electron chi connectivity index (χ0n) is 4.35. The van der Waals surface area contributed by atoms with Crippen LogP contribution in [0.2, 0.25) is 0 Å². The predicted octanol–water partition coefficient (Wildman–Crippen LogP) is -0.177. The Kier molecular flexibility index (Phi) is 1.13. The van der Waals surface area contributed by atoms with Crippen molar-refractivity contribution in [2.75, 3.05) is 6.54 Å². The Morgan fingerprint density at radius 2 is 2.25 bits per heavy atom. The molecule has 0 aliphatic carbocycles. The van der Waals surface area contributed by atoms with Crippen molar-refractivity contribution >= 4 is 10.0 Å². The summed E-state index contributed by atoms with van der Waals surface area (Å²) in [5, 5.41) is 0. The monoisotopic (exact) mass is 133 g/mol. The van der Waals surface area contributed by atoms with Gasteiger partial charge in [0.15, 0.2) is 0 Å². The van der Waals surface area contributed by atoms with Crippen molar-refractivity contribution in [3.8, 4) is 0 Å². The molecule has 0 atom stereocenters. The van der Waals surface area contributed by atoms with Gasteiger partial charge in [-0.05, 0) is 6.42 Å². The Hall–Kier alpha value is -0.350. The van der Waals surface area contributed by atoms with Crippen molar-refractivity contribution < 1.29 is 8.42 Å². The van der Waals surface area contributed by atoms with E-state index in [4.69, 9.17) is 0 Å². The number of hydrogen-bond acceptors (Lipinski definition) is 2. The molecule has 1 rings (SSSR count). The predicted molar refractivity (Wildman–Crippen MR) is 30.7 cm³/mol. The molecule has 4 heteroatoms. The van der Waals surface area contributed by atoms with Gasteiger partial charge in [-0.1, -0.05) is 6.58 Å². The molecule has 0 aromatic heterocycles. The maximum Gasteiger partial charge on any atom is 0.236 e. The van der Waals surface area contributed by atoms with Crippen LogP contribution in [-0.2, 0) is 10.0 Å². The molecule has 1 saturated heterocycles. The average Bonchev–Trinajstić information content (AvgIpc) is 1.86. The molecule has 0 amide bonds. The van der Waals surface area contributed by atoms with Gasteiger partial charge in [-0.3, -0.25) is 0 Å². The van der Waals surface area contributed by atoms with Crippen LogP contribution < -0.4 is 4.72 Å². The second-order valence-corrected chi connectivity index (χ2v) is 3.56. The van der Waals surface area contributed by atoms with Crippen molar-refractivity contribution in [3.05, 3.63) is 11.5 Å². The summed E-state index contributed by atoms with van der Waals surface area (Å²) in [6, 6.07) is 0. The van der Waals surface area contributed by atoms with Gasteiger partial charge in [0.25, 0.3) is 0 Å². The smallest absolute Gasteiger partial charge is 0.211 e. The molecular weight excluding hydrogens is 126 g/mol. The van der Waals surface area contributed by atoms with E-state index in [2.05, 4.69) is 11.3 Å². The highest BCUT2D eigenvalue weighted by molar-refractivity contribution is 7.93. The fourth-order valence-corrected chi connectivity index (χ4v) is 1.51. The van der Waals surface area contributed by atoms with E-state index < -0.39 is 10.0 Å². The van der Waals surface area contributed by atoms with Crippen LogP contribution in [0, 0.1) is 0 Å². The lowest BCUT2D eigenvalue weighted by atomic mass is 10.4. The standard InChI is InChI=1S/C4H7NO2S/c1-4-2-3-5-8(4,6)7/h5H,1-3H2. The maximum absolute atomic E-state index is 10.6. The molecule has 8 heavy (non-hydrogen) atoms. The molecule has 0 saturated carbocycles. The summed E-state index contributed by atoms with van der Waals surface area (Å²) in [5.41, 5.74) is 0. The van der Waals surface area contributed by atoms with E-state index >= 15 is 0 Å². The molecule has 1 heterocycles. The van der Waals surface area contributed by atoms with Gasteiger partial charge in [0.05, 0.1) is 4.91 Å². The molecule has 0 aromatic rings. The third kappa shape index (κ3) is 0.763. The topological polar surface area (TPSA) is 46.2 Å².